The SMILES string of the molecule is FC(F)(F)c1cccc(C2=Nc3nc2c(-c2cccc(C(F)(F)F)c2)c2[nH]c(c(-c4cccc(C(F)(F)F)c4)c4nc(c(-c5cccc(C(F)(F)F)c5)c5nnc(n3)[nH]5)C(c3cccc(C(F)(F)F)c3)=C4c3cccc(C(F)(F)F)c3)c(-c3cccc(C(F)(F)F)c3)c2-c2cccc(C(F)(F)F)c2)c1. The molecule has 8 aromatic carbocycles. The van der Waals surface area contributed by atoms with Gasteiger partial charge >= 0.3 is 49.4 Å². The fourth-order valence-electron chi connectivity index (χ4n) is 12.1. The first-order valence-electron chi connectivity index (χ1n) is 29.8. The van der Waals surface area contributed by atoms with E-state index in [2.05, 4.69) is 35.1 Å². The molecule has 3 aromatic heterocycles. The first-order valence-corrected chi connectivity index (χ1v) is 29.8. The highest BCUT2D eigenvalue weighted by molar-refractivity contribution is 6.22. The number of H-pyrrole nitrogens is 2. The molecule has 0 fully saturated rings. The van der Waals surface area contributed by atoms with Crippen LogP contribution in [0.5, 0.6) is 0 Å². The predicted octanol–water partition coefficient (Wildman–Crippen LogP) is 23.2. The van der Waals surface area contributed by atoms with Crippen molar-refractivity contribution in [1.82, 2.24) is 35.1 Å². The van der Waals surface area contributed by atoms with E-state index in [-0.39, 0.29) is 0 Å². The molecule has 5 heterocycles. The highest BCUT2D eigenvalue weighted by Crippen LogP contribution is 2.54. The second kappa shape index (κ2) is 25.1. The van der Waals surface area contributed by atoms with Crippen LogP contribution < -0.4 is 0 Å². The number of aromatic amines is 2. The van der Waals surface area contributed by atoms with Gasteiger partial charge in [-0.05, 0) is 136 Å². The van der Waals surface area contributed by atoms with Gasteiger partial charge in [-0.15, -0.1) is 10.2 Å². The molecule has 0 aliphatic carbocycles. The number of fused-ring (bicyclic) bond motifs is 8. The molecule has 13 rings (SSSR count). The van der Waals surface area contributed by atoms with E-state index < -0.39 is 229 Å². The molecule has 0 radical (unpaired) electrons. The normalized spacial score (nSPS) is 13.6. The van der Waals surface area contributed by atoms with E-state index in [1.54, 1.807) is 0 Å². The summed E-state index contributed by atoms with van der Waals surface area (Å²) in [6.45, 7) is 0. The van der Waals surface area contributed by atoms with E-state index in [1.807, 2.05) is 0 Å². The molecule has 2 N–H and O–H groups in total. The zero-order chi connectivity index (χ0) is 74.8. The highest BCUT2D eigenvalue weighted by Gasteiger charge is 2.42. The Morgan fingerprint density at radius 3 is 0.846 bits per heavy atom. The van der Waals surface area contributed by atoms with E-state index in [9.17, 15) is 13.2 Å². The predicted molar refractivity (Wildman–Crippen MR) is 331 cm³/mol. The maximum absolute atomic E-state index is 15.6. The summed E-state index contributed by atoms with van der Waals surface area (Å²) in [7, 11) is 0. The first-order chi connectivity index (χ1) is 48.6. The van der Waals surface area contributed by atoms with Crippen molar-refractivity contribution in [3.05, 3.63) is 272 Å². The molecule has 0 amide bonds. The molecule has 0 saturated heterocycles. The van der Waals surface area contributed by atoms with E-state index in [0.29, 0.717) is 109 Å². The molecule has 530 valence electrons. The third-order valence-electron chi connectivity index (χ3n) is 16.5. The molecule has 32 heteroatoms. The van der Waals surface area contributed by atoms with Crippen molar-refractivity contribution in [2.45, 2.75) is 49.4 Å². The van der Waals surface area contributed by atoms with Crippen LogP contribution >= 0.6 is 0 Å². The van der Waals surface area contributed by atoms with Crippen molar-refractivity contribution in [3.63, 3.8) is 0 Å². The average molecular weight is 1470 g/mol. The number of halogens is 24. The molecule has 8 nitrogen and oxygen atoms in total. The Morgan fingerprint density at radius 1 is 0.240 bits per heavy atom. The Labute approximate surface area is 566 Å². The van der Waals surface area contributed by atoms with Gasteiger partial charge in [0.1, 0.15) is 11.4 Å². The molecule has 0 atom stereocenters. The Bertz CT molecular complexity index is 5530. The van der Waals surface area contributed by atoms with Crippen LogP contribution in [0.2, 0.25) is 0 Å². The zero-order valence-corrected chi connectivity index (χ0v) is 51.2. The van der Waals surface area contributed by atoms with Crippen LogP contribution in [0, 0.1) is 0 Å². The van der Waals surface area contributed by atoms with Gasteiger partial charge < -0.3 is 9.97 Å². The van der Waals surface area contributed by atoms with Crippen LogP contribution in [0.25, 0.3) is 89.2 Å². The summed E-state index contributed by atoms with van der Waals surface area (Å²) >= 11 is 0. The third kappa shape index (κ3) is 13.7. The number of nitrogens with zero attached hydrogens (tertiary/aromatic N) is 6. The van der Waals surface area contributed by atoms with E-state index in [0.717, 1.165) is 84.9 Å². The van der Waals surface area contributed by atoms with Crippen molar-refractivity contribution >= 4 is 45.3 Å². The fraction of sp³-hybridized carbons (Fsp3) is 0.111. The van der Waals surface area contributed by atoms with Crippen molar-refractivity contribution in [1.29, 1.82) is 0 Å². The molecule has 8 bridgehead atoms. The number of hydrogen-bond donors (Lipinski definition) is 2. The second-order valence-electron chi connectivity index (χ2n) is 23.3. The Morgan fingerprint density at radius 2 is 0.510 bits per heavy atom. The zero-order valence-electron chi connectivity index (χ0n) is 51.2. The monoisotopic (exact) mass is 1470 g/mol. The quantitative estimate of drug-likeness (QED) is 0.147. The summed E-state index contributed by atoms with van der Waals surface area (Å²) in [6.07, 6.45) is -43.0. The molecule has 104 heavy (non-hydrogen) atoms. The largest absolute Gasteiger partial charge is 0.416 e. The Hall–Kier alpha value is -11.6. The summed E-state index contributed by atoms with van der Waals surface area (Å²) < 4.78 is 368. The molecular formula is C72H34F24N8. The number of hydrogen-bond acceptors (Lipinski definition) is 6. The van der Waals surface area contributed by atoms with E-state index >= 15 is 92.2 Å². The van der Waals surface area contributed by atoms with Crippen LogP contribution in [0.15, 0.2) is 199 Å². The highest BCUT2D eigenvalue weighted by atomic mass is 19.4. The van der Waals surface area contributed by atoms with Crippen LogP contribution in [0.1, 0.15) is 78.3 Å². The lowest BCUT2D eigenvalue weighted by molar-refractivity contribution is -0.138. The van der Waals surface area contributed by atoms with Crippen LogP contribution in [-0.2, 0) is 49.4 Å². The van der Waals surface area contributed by atoms with Gasteiger partial charge in [-0.1, -0.05) is 97.1 Å². The van der Waals surface area contributed by atoms with Gasteiger partial charge in [0.2, 0.25) is 0 Å². The minimum absolute atomic E-state index is 0.308. The van der Waals surface area contributed by atoms with Gasteiger partial charge in [0, 0.05) is 39.0 Å². The van der Waals surface area contributed by atoms with Crippen molar-refractivity contribution < 1.29 is 105 Å². The van der Waals surface area contributed by atoms with Crippen molar-refractivity contribution in [2.24, 2.45) is 4.99 Å². The molecule has 0 saturated carbocycles. The lowest BCUT2D eigenvalue weighted by atomic mass is 9.85. The summed E-state index contributed by atoms with van der Waals surface area (Å²) in [5.74, 6) is -1.86. The Balaban J connectivity index is 1.44. The van der Waals surface area contributed by atoms with Crippen molar-refractivity contribution in [3.8, 4) is 55.6 Å². The average Bonchev–Trinajstić information content (AvgIpc) is 1.56. The van der Waals surface area contributed by atoms with Crippen LogP contribution in [0.3, 0.4) is 0 Å². The fourth-order valence-corrected chi connectivity index (χ4v) is 12.1. The van der Waals surface area contributed by atoms with Gasteiger partial charge in [0.05, 0.1) is 72.5 Å². The second-order valence-corrected chi connectivity index (χ2v) is 23.3. The number of aliphatic imine (C=N–C) groups is 1. The smallest absolute Gasteiger partial charge is 0.353 e. The topological polar surface area (TPSA) is 108 Å². The lowest BCUT2D eigenvalue weighted by Crippen LogP contribution is -2.09. The number of aromatic nitrogens is 7. The lowest BCUT2D eigenvalue weighted by Gasteiger charge is -2.17. The molecule has 2 aliphatic rings. The third-order valence-corrected chi connectivity index (χ3v) is 16.5. The minimum atomic E-state index is -5.47. The van der Waals surface area contributed by atoms with Gasteiger partial charge in [-0.25, -0.2) is 15.0 Å². The standard InChI is InChI=1S/C72H34F24N8/c73-65(74,75)41-17-1-9-33(25-41)49-50(34-10-2-18-42(26-34)66(76,77)78)59-54(38-14-6-22-46(30-38)70(88,89)90)61-56(40-16-8-24-48(32-40)72(94,95)96)99-63(100-61)102-64-101-62(103-104-64)55(39-15-7-23-47(31-39)71(91,92)93)60-52(36-12-4-20-44(28-36)68(82,83)84)51(35-11-3-19-43(27-35)67(79,80)81)58(98-60)53(57(49)97-59)37-13-5-21-45(29-37)69(85,86)87/h1-32,97H,(H,99,100,101,102,103,104). The summed E-state index contributed by atoms with van der Waals surface area (Å²) in [5, 5.41) is 8.07. The molecule has 2 aliphatic heterocycles. The minimum Gasteiger partial charge on any atom is -0.353 e. The van der Waals surface area contributed by atoms with Gasteiger partial charge in [-0.2, -0.15) is 110 Å². The molecular weight excluding hydrogens is 1430 g/mol. The maximum atomic E-state index is 15.6. The van der Waals surface area contributed by atoms with Crippen LogP contribution in [-0.4, -0.2) is 40.8 Å². The molecule has 0 unspecified atom stereocenters. The number of nitrogens with one attached hydrogen (secondary N) is 2. The maximum Gasteiger partial charge on any atom is 0.416 e. The van der Waals surface area contributed by atoms with Gasteiger partial charge in [0.25, 0.3) is 11.7 Å². The Kier molecular flexibility index (Phi) is 17.1. The van der Waals surface area contributed by atoms with Crippen LogP contribution in [0.4, 0.5) is 111 Å². The number of rotatable bonds is 8. The summed E-state index contributed by atoms with van der Waals surface area (Å²) in [4.78, 5) is 23.4. The first kappa shape index (κ1) is 70.8. The summed E-state index contributed by atoms with van der Waals surface area (Å²) in [6, 6.07) is 19.9. The number of benzene rings is 8. The van der Waals surface area contributed by atoms with Gasteiger partial charge in [-0.3, -0.25) is 0 Å². The van der Waals surface area contributed by atoms with Gasteiger partial charge in [0.15, 0.2) is 5.65 Å². The van der Waals surface area contributed by atoms with Crippen molar-refractivity contribution in [2.75, 3.05) is 0 Å². The van der Waals surface area contributed by atoms with E-state index in [4.69, 9.17) is 4.98 Å². The number of alkyl halides is 24. The summed E-state index contributed by atoms with van der Waals surface area (Å²) in [5.41, 5.74) is -32.0. The molecule has 0 spiro atoms. The molecule has 11 aromatic rings. The van der Waals surface area contributed by atoms with E-state index in [1.165, 1.54) is 0 Å².